The van der Waals surface area contributed by atoms with E-state index in [4.69, 9.17) is 10.5 Å². The molecular formula is C24H23N5O4. The molecule has 2 aromatic carbocycles. The number of H-pyrrole nitrogens is 1. The number of benzene rings is 2. The number of nitrogen functional groups attached to an aromatic ring is 1. The molecule has 0 saturated heterocycles. The van der Waals surface area contributed by atoms with E-state index in [2.05, 4.69) is 21.5 Å². The highest BCUT2D eigenvalue weighted by Crippen LogP contribution is 2.40. The maximum absolute atomic E-state index is 12.6. The first-order valence-electron chi connectivity index (χ1n) is 10.6. The Morgan fingerprint density at radius 3 is 2.91 bits per heavy atom. The Balaban J connectivity index is 1.30. The molecule has 1 saturated carbocycles. The number of nitrogens with zero attached hydrogens (tertiary/aromatic N) is 3. The van der Waals surface area contributed by atoms with Gasteiger partial charge in [-0.05, 0) is 28.3 Å². The number of nitrogens with two attached hydrogens (primary N) is 1. The van der Waals surface area contributed by atoms with Crippen molar-refractivity contribution in [3.8, 4) is 0 Å². The van der Waals surface area contributed by atoms with Crippen molar-refractivity contribution in [2.45, 2.75) is 25.0 Å². The number of aliphatic hydroxyl groups excluding tert-OH is 1. The average Bonchev–Trinajstić information content (AvgIpc) is 3.33. The van der Waals surface area contributed by atoms with Crippen LogP contribution in [0.5, 0.6) is 0 Å². The van der Waals surface area contributed by atoms with E-state index >= 15 is 0 Å². The van der Waals surface area contributed by atoms with Gasteiger partial charge in [0.1, 0.15) is 6.61 Å². The van der Waals surface area contributed by atoms with Crippen molar-refractivity contribution < 1.29 is 14.6 Å². The second kappa shape index (κ2) is 8.18. The van der Waals surface area contributed by atoms with Crippen LogP contribution in [-0.4, -0.2) is 43.3 Å². The zero-order valence-electron chi connectivity index (χ0n) is 17.8. The molecule has 0 unspecified atom stereocenters. The molecule has 4 N–H and O–H groups in total. The lowest BCUT2D eigenvalue weighted by molar-refractivity contribution is -0.144. The quantitative estimate of drug-likeness (QED) is 0.316. The van der Waals surface area contributed by atoms with Crippen molar-refractivity contribution in [3.05, 3.63) is 76.9 Å². The Hall–Kier alpha value is -3.98. The fourth-order valence-corrected chi connectivity index (χ4v) is 4.56. The monoisotopic (exact) mass is 445 g/mol. The summed E-state index contributed by atoms with van der Waals surface area (Å²) in [5, 5.41) is 12.7. The number of aliphatic hydroxyl groups is 1. The van der Waals surface area contributed by atoms with Gasteiger partial charge in [-0.25, -0.2) is 4.98 Å². The molecule has 2 aromatic heterocycles. The molecule has 5 rings (SSSR count). The molecule has 33 heavy (non-hydrogen) atoms. The molecule has 1 aliphatic carbocycles. The smallest absolute Gasteiger partial charge is 0.310 e. The lowest BCUT2D eigenvalue weighted by Crippen LogP contribution is -2.22. The summed E-state index contributed by atoms with van der Waals surface area (Å²) in [7, 11) is 0. The van der Waals surface area contributed by atoms with E-state index in [9.17, 15) is 14.7 Å². The van der Waals surface area contributed by atoms with Gasteiger partial charge in [0.15, 0.2) is 11.2 Å². The number of aromatic amines is 1. The van der Waals surface area contributed by atoms with Gasteiger partial charge in [0, 0.05) is 5.92 Å². The molecule has 3 atom stereocenters. The number of rotatable bonds is 5. The van der Waals surface area contributed by atoms with Gasteiger partial charge in [-0.3, -0.25) is 14.6 Å². The van der Waals surface area contributed by atoms with Gasteiger partial charge in [0.2, 0.25) is 5.95 Å². The first kappa shape index (κ1) is 20.9. The molecule has 1 fully saturated rings. The lowest BCUT2D eigenvalue weighted by Gasteiger charge is -2.18. The number of carbonyl (C=O) groups excluding carboxylic acids is 1. The Morgan fingerprint density at radius 2 is 2.06 bits per heavy atom. The minimum Gasteiger partial charge on any atom is -0.465 e. The number of ether oxygens (including phenoxy) is 1. The normalized spacial score (nSPS) is 20.5. The standard InChI is InChI=1S/C24H23N5O4/c1-13-17(11-33-20(31)9-15-7-4-6-14-5-2-3-8-16(14)15)19(30)10-18(13)29-12-26-21-22(29)27-24(25)28-23(21)32/h2-8,12,17-19,30H,1,9-11H2,(H3,25,27,28,32)/t17-,18-,19-/m0/s1. The van der Waals surface area contributed by atoms with Gasteiger partial charge < -0.3 is 20.1 Å². The largest absolute Gasteiger partial charge is 0.465 e. The van der Waals surface area contributed by atoms with Crippen LogP contribution in [0.4, 0.5) is 5.95 Å². The predicted molar refractivity (Wildman–Crippen MR) is 123 cm³/mol. The van der Waals surface area contributed by atoms with E-state index in [1.54, 1.807) is 4.57 Å². The molecule has 2 heterocycles. The third kappa shape index (κ3) is 3.76. The third-order valence-electron chi connectivity index (χ3n) is 6.26. The first-order valence-corrected chi connectivity index (χ1v) is 10.6. The van der Waals surface area contributed by atoms with Crippen LogP contribution in [0.15, 0.2) is 65.7 Å². The molecule has 0 amide bonds. The third-order valence-corrected chi connectivity index (χ3v) is 6.26. The number of aromatic nitrogens is 4. The highest BCUT2D eigenvalue weighted by molar-refractivity contribution is 5.89. The van der Waals surface area contributed by atoms with E-state index in [1.807, 2.05) is 42.5 Å². The van der Waals surface area contributed by atoms with Crippen molar-refractivity contribution in [1.29, 1.82) is 0 Å². The van der Waals surface area contributed by atoms with E-state index in [0.717, 1.165) is 16.3 Å². The summed E-state index contributed by atoms with van der Waals surface area (Å²) in [5.41, 5.74) is 7.31. The molecule has 4 aromatic rings. The van der Waals surface area contributed by atoms with Crippen molar-refractivity contribution >= 4 is 33.9 Å². The van der Waals surface area contributed by atoms with Crippen LogP contribution in [0.25, 0.3) is 21.9 Å². The van der Waals surface area contributed by atoms with Crippen LogP contribution in [0, 0.1) is 5.92 Å². The number of hydrogen-bond donors (Lipinski definition) is 3. The maximum atomic E-state index is 12.6. The molecule has 9 heteroatoms. The molecule has 168 valence electrons. The predicted octanol–water partition coefficient (Wildman–Crippen LogP) is 2.12. The minimum atomic E-state index is -0.760. The maximum Gasteiger partial charge on any atom is 0.310 e. The molecule has 0 radical (unpaired) electrons. The zero-order chi connectivity index (χ0) is 23.1. The van der Waals surface area contributed by atoms with Gasteiger partial charge in [-0.1, -0.05) is 49.0 Å². The van der Waals surface area contributed by atoms with Gasteiger partial charge in [0.25, 0.3) is 5.56 Å². The Labute approximate surface area is 188 Å². The number of hydrogen-bond acceptors (Lipinski definition) is 7. The average molecular weight is 445 g/mol. The van der Waals surface area contributed by atoms with Crippen LogP contribution in [0.2, 0.25) is 0 Å². The summed E-state index contributed by atoms with van der Waals surface area (Å²) in [6.45, 7) is 4.15. The molecule has 0 spiro atoms. The van der Waals surface area contributed by atoms with Crippen LogP contribution in [-0.2, 0) is 16.0 Å². The van der Waals surface area contributed by atoms with Crippen molar-refractivity contribution in [2.24, 2.45) is 5.92 Å². The molecular weight excluding hydrogens is 422 g/mol. The number of fused-ring (bicyclic) bond motifs is 2. The van der Waals surface area contributed by atoms with Crippen LogP contribution >= 0.6 is 0 Å². The van der Waals surface area contributed by atoms with E-state index < -0.39 is 17.6 Å². The zero-order valence-corrected chi connectivity index (χ0v) is 17.8. The van der Waals surface area contributed by atoms with Crippen molar-refractivity contribution in [2.75, 3.05) is 12.3 Å². The van der Waals surface area contributed by atoms with Crippen LogP contribution < -0.4 is 11.3 Å². The summed E-state index contributed by atoms with van der Waals surface area (Å²) in [6.07, 6.45) is 1.20. The highest BCUT2D eigenvalue weighted by Gasteiger charge is 2.39. The van der Waals surface area contributed by atoms with E-state index in [0.29, 0.717) is 17.6 Å². The Kier molecular flexibility index (Phi) is 5.18. The summed E-state index contributed by atoms with van der Waals surface area (Å²) in [6, 6.07) is 13.3. The summed E-state index contributed by atoms with van der Waals surface area (Å²) in [5.74, 6) is -0.829. The number of anilines is 1. The summed E-state index contributed by atoms with van der Waals surface area (Å²) in [4.78, 5) is 35.4. The first-order chi connectivity index (χ1) is 15.9. The fourth-order valence-electron chi connectivity index (χ4n) is 4.56. The van der Waals surface area contributed by atoms with E-state index in [1.165, 1.54) is 6.33 Å². The van der Waals surface area contributed by atoms with E-state index in [-0.39, 0.29) is 36.5 Å². The van der Waals surface area contributed by atoms with Crippen molar-refractivity contribution in [1.82, 2.24) is 19.5 Å². The van der Waals surface area contributed by atoms with Crippen LogP contribution in [0.3, 0.4) is 0 Å². The molecule has 9 nitrogen and oxygen atoms in total. The lowest BCUT2D eigenvalue weighted by atomic mass is 10.0. The van der Waals surface area contributed by atoms with Gasteiger partial charge in [-0.15, -0.1) is 0 Å². The fraction of sp³-hybridized carbons (Fsp3) is 0.250. The number of carbonyl (C=O) groups is 1. The van der Waals surface area contributed by atoms with Crippen LogP contribution in [0.1, 0.15) is 18.0 Å². The van der Waals surface area contributed by atoms with Gasteiger partial charge in [0.05, 0.1) is 24.9 Å². The second-order valence-electron chi connectivity index (χ2n) is 8.27. The summed E-state index contributed by atoms with van der Waals surface area (Å²) < 4.78 is 7.22. The number of esters is 1. The number of nitrogens with one attached hydrogen (secondary N) is 1. The SMILES string of the molecule is C=C1[C@H](COC(=O)Cc2cccc3ccccc23)[C@@H](O)C[C@@H]1n1cnc2c(=O)[nH]c(N)nc21. The molecule has 1 aliphatic rings. The Morgan fingerprint density at radius 1 is 1.27 bits per heavy atom. The summed E-state index contributed by atoms with van der Waals surface area (Å²) >= 11 is 0. The van der Waals surface area contributed by atoms with Gasteiger partial charge >= 0.3 is 5.97 Å². The van der Waals surface area contributed by atoms with Gasteiger partial charge in [-0.2, -0.15) is 4.98 Å². The Bertz CT molecular complexity index is 1430. The minimum absolute atomic E-state index is 0.0164. The molecule has 0 aliphatic heterocycles. The van der Waals surface area contributed by atoms with Crippen molar-refractivity contribution in [3.63, 3.8) is 0 Å². The topological polar surface area (TPSA) is 136 Å². The highest BCUT2D eigenvalue weighted by atomic mass is 16.5. The molecule has 0 bridgehead atoms. The second-order valence-corrected chi connectivity index (χ2v) is 8.27. The number of imidazole rings is 1.